The zero-order valence-corrected chi connectivity index (χ0v) is 11.1. The van der Waals surface area contributed by atoms with Crippen LogP contribution >= 0.6 is 0 Å². The van der Waals surface area contributed by atoms with Crippen LogP contribution in [-0.2, 0) is 10.0 Å². The lowest BCUT2D eigenvalue weighted by Crippen LogP contribution is -2.42. The topological polar surface area (TPSA) is 63.4 Å². The molecule has 0 aliphatic carbocycles. The summed E-state index contributed by atoms with van der Waals surface area (Å²) in [5.41, 5.74) is 6.31. The van der Waals surface area contributed by atoms with E-state index in [-0.39, 0.29) is 10.9 Å². The average molecular weight is 272 g/mol. The molecule has 0 amide bonds. The van der Waals surface area contributed by atoms with Crippen LogP contribution in [0.4, 0.5) is 4.39 Å². The number of benzene rings is 1. The van der Waals surface area contributed by atoms with E-state index in [1.807, 2.05) is 0 Å². The van der Waals surface area contributed by atoms with Crippen molar-refractivity contribution in [1.82, 2.24) is 4.31 Å². The second kappa shape index (κ2) is 4.95. The summed E-state index contributed by atoms with van der Waals surface area (Å²) in [7, 11) is -3.60. The van der Waals surface area contributed by atoms with Gasteiger partial charge in [0.05, 0.1) is 4.90 Å². The summed E-state index contributed by atoms with van der Waals surface area (Å²) in [4.78, 5) is 0.0537. The Morgan fingerprint density at radius 2 is 1.94 bits per heavy atom. The molecule has 1 fully saturated rings. The third kappa shape index (κ3) is 2.55. The molecule has 0 radical (unpaired) electrons. The first-order valence-corrected chi connectivity index (χ1v) is 7.37. The molecule has 4 nitrogen and oxygen atoms in total. The van der Waals surface area contributed by atoms with Gasteiger partial charge in [0.25, 0.3) is 0 Å². The lowest BCUT2D eigenvalue weighted by atomic mass is 10.1. The van der Waals surface area contributed by atoms with Gasteiger partial charge < -0.3 is 5.73 Å². The molecule has 2 N–H and O–H groups in total. The fourth-order valence-electron chi connectivity index (χ4n) is 2.11. The highest BCUT2D eigenvalue weighted by molar-refractivity contribution is 7.89. The van der Waals surface area contributed by atoms with Crippen LogP contribution < -0.4 is 5.73 Å². The maximum Gasteiger partial charge on any atom is 0.243 e. The van der Waals surface area contributed by atoms with E-state index in [2.05, 4.69) is 0 Å². The van der Waals surface area contributed by atoms with Gasteiger partial charge in [-0.05, 0) is 37.5 Å². The van der Waals surface area contributed by atoms with E-state index < -0.39 is 15.8 Å². The van der Waals surface area contributed by atoms with Gasteiger partial charge in [0.1, 0.15) is 5.82 Å². The van der Waals surface area contributed by atoms with E-state index in [4.69, 9.17) is 5.73 Å². The molecular formula is C12H17FN2O2S. The van der Waals surface area contributed by atoms with E-state index >= 15 is 0 Å². The molecule has 100 valence electrons. The molecule has 18 heavy (non-hydrogen) atoms. The van der Waals surface area contributed by atoms with E-state index in [9.17, 15) is 12.8 Å². The number of piperidine rings is 1. The minimum atomic E-state index is -3.60. The first kappa shape index (κ1) is 13.5. The molecule has 1 heterocycles. The van der Waals surface area contributed by atoms with Crippen LogP contribution in [0, 0.1) is 12.7 Å². The molecule has 6 heteroatoms. The van der Waals surface area contributed by atoms with Gasteiger partial charge in [-0.3, -0.25) is 0 Å². The van der Waals surface area contributed by atoms with Crippen LogP contribution in [-0.4, -0.2) is 31.9 Å². The average Bonchev–Trinajstić information content (AvgIpc) is 2.32. The van der Waals surface area contributed by atoms with Crippen LogP contribution in [0.1, 0.15) is 18.4 Å². The lowest BCUT2D eigenvalue weighted by molar-refractivity contribution is 0.320. The highest BCUT2D eigenvalue weighted by atomic mass is 32.2. The normalized spacial score (nSPS) is 19.1. The largest absolute Gasteiger partial charge is 0.328 e. The van der Waals surface area contributed by atoms with Gasteiger partial charge in [0.2, 0.25) is 10.0 Å². The van der Waals surface area contributed by atoms with Crippen molar-refractivity contribution >= 4 is 10.0 Å². The maximum absolute atomic E-state index is 13.2. The van der Waals surface area contributed by atoms with E-state index in [1.165, 1.54) is 16.4 Å². The number of nitrogens with zero attached hydrogens (tertiary/aromatic N) is 1. The first-order valence-electron chi connectivity index (χ1n) is 5.93. The molecule has 1 aromatic rings. The Hall–Kier alpha value is -0.980. The molecule has 0 spiro atoms. The van der Waals surface area contributed by atoms with Gasteiger partial charge in [-0.15, -0.1) is 0 Å². The number of nitrogens with two attached hydrogens (primary N) is 1. The van der Waals surface area contributed by atoms with Gasteiger partial charge in [-0.1, -0.05) is 6.07 Å². The molecule has 1 aliphatic rings. The Morgan fingerprint density at radius 3 is 2.56 bits per heavy atom. The zero-order valence-electron chi connectivity index (χ0n) is 10.3. The Morgan fingerprint density at radius 1 is 1.33 bits per heavy atom. The predicted octanol–water partition coefficient (Wildman–Crippen LogP) is 1.25. The summed E-state index contributed by atoms with van der Waals surface area (Å²) in [6, 6.07) is 3.89. The third-order valence-corrected chi connectivity index (χ3v) is 5.31. The summed E-state index contributed by atoms with van der Waals surface area (Å²) >= 11 is 0. The second-order valence-electron chi connectivity index (χ2n) is 4.65. The monoisotopic (exact) mass is 272 g/mol. The number of aryl methyl sites for hydroxylation is 1. The maximum atomic E-state index is 13.2. The molecule has 0 unspecified atom stereocenters. The van der Waals surface area contributed by atoms with E-state index in [1.54, 1.807) is 6.92 Å². The highest BCUT2D eigenvalue weighted by Gasteiger charge is 2.29. The molecule has 1 saturated heterocycles. The van der Waals surface area contributed by atoms with Crippen LogP contribution in [0.15, 0.2) is 23.1 Å². The van der Waals surface area contributed by atoms with E-state index in [0.29, 0.717) is 31.5 Å². The fraction of sp³-hybridized carbons (Fsp3) is 0.500. The third-order valence-electron chi connectivity index (χ3n) is 3.27. The SMILES string of the molecule is Cc1ccc(F)cc1S(=O)(=O)N1CCC(N)CC1. The first-order chi connectivity index (χ1) is 8.41. The minimum Gasteiger partial charge on any atom is -0.328 e. The Kier molecular flexibility index (Phi) is 3.70. The molecule has 0 aromatic heterocycles. The molecule has 1 aromatic carbocycles. The number of hydrogen-bond acceptors (Lipinski definition) is 3. The zero-order chi connectivity index (χ0) is 13.3. The molecule has 1 aliphatic heterocycles. The van der Waals surface area contributed by atoms with Crippen LogP contribution in [0.5, 0.6) is 0 Å². The number of rotatable bonds is 2. The van der Waals surface area contributed by atoms with Crippen molar-refractivity contribution in [3.8, 4) is 0 Å². The van der Waals surface area contributed by atoms with Gasteiger partial charge in [0.15, 0.2) is 0 Å². The van der Waals surface area contributed by atoms with E-state index in [0.717, 1.165) is 6.07 Å². The van der Waals surface area contributed by atoms with Crippen LogP contribution in [0.2, 0.25) is 0 Å². The Bertz CT molecular complexity index is 537. The Labute approximate surface area is 107 Å². The number of sulfonamides is 1. The Balaban J connectivity index is 2.33. The van der Waals surface area contributed by atoms with Crippen molar-refractivity contribution in [2.75, 3.05) is 13.1 Å². The van der Waals surface area contributed by atoms with Gasteiger partial charge in [0, 0.05) is 19.1 Å². The number of hydrogen-bond donors (Lipinski definition) is 1. The second-order valence-corrected chi connectivity index (χ2v) is 6.56. The highest BCUT2D eigenvalue weighted by Crippen LogP contribution is 2.23. The van der Waals surface area contributed by atoms with Crippen molar-refractivity contribution in [2.24, 2.45) is 5.73 Å². The smallest absolute Gasteiger partial charge is 0.243 e. The van der Waals surface area contributed by atoms with Crippen molar-refractivity contribution in [3.63, 3.8) is 0 Å². The summed E-state index contributed by atoms with van der Waals surface area (Å²) in [6.07, 6.45) is 1.29. The number of halogens is 1. The summed E-state index contributed by atoms with van der Waals surface area (Å²) < 4.78 is 39.4. The van der Waals surface area contributed by atoms with Crippen molar-refractivity contribution in [2.45, 2.75) is 30.7 Å². The lowest BCUT2D eigenvalue weighted by Gasteiger charge is -2.29. The summed E-state index contributed by atoms with van der Waals surface area (Å²) in [6.45, 7) is 2.47. The quantitative estimate of drug-likeness (QED) is 0.881. The summed E-state index contributed by atoms with van der Waals surface area (Å²) in [5.74, 6) is -0.534. The van der Waals surface area contributed by atoms with Gasteiger partial charge >= 0.3 is 0 Å². The van der Waals surface area contributed by atoms with Gasteiger partial charge in [-0.25, -0.2) is 12.8 Å². The van der Waals surface area contributed by atoms with Crippen molar-refractivity contribution in [3.05, 3.63) is 29.6 Å². The molecule has 2 rings (SSSR count). The predicted molar refractivity (Wildman–Crippen MR) is 67.1 cm³/mol. The van der Waals surface area contributed by atoms with Crippen molar-refractivity contribution in [1.29, 1.82) is 0 Å². The molecular weight excluding hydrogens is 255 g/mol. The molecule has 0 saturated carbocycles. The molecule has 0 bridgehead atoms. The fourth-order valence-corrected chi connectivity index (χ4v) is 3.81. The van der Waals surface area contributed by atoms with Crippen LogP contribution in [0.25, 0.3) is 0 Å². The van der Waals surface area contributed by atoms with Crippen LogP contribution in [0.3, 0.4) is 0 Å². The minimum absolute atomic E-state index is 0.0537. The summed E-state index contributed by atoms with van der Waals surface area (Å²) in [5, 5.41) is 0. The van der Waals surface area contributed by atoms with Crippen molar-refractivity contribution < 1.29 is 12.8 Å². The van der Waals surface area contributed by atoms with Gasteiger partial charge in [-0.2, -0.15) is 4.31 Å². The standard InChI is InChI=1S/C12H17FN2O2S/c1-9-2-3-10(13)8-12(9)18(16,17)15-6-4-11(14)5-7-15/h2-3,8,11H,4-7,14H2,1H3. The molecule has 0 atom stereocenters.